The Labute approximate surface area is 122 Å². The quantitative estimate of drug-likeness (QED) is 0.842. The molecule has 2 heterocycles. The van der Waals surface area contributed by atoms with Gasteiger partial charge in [0.05, 0.1) is 6.04 Å². The van der Waals surface area contributed by atoms with Crippen LogP contribution in [0.25, 0.3) is 11.0 Å². The first-order valence-electron chi connectivity index (χ1n) is 7.25. The molecule has 0 saturated carbocycles. The highest BCUT2D eigenvalue weighted by molar-refractivity contribution is 6.00. The topological polar surface area (TPSA) is 71.3 Å². The van der Waals surface area contributed by atoms with Crippen LogP contribution in [0.2, 0.25) is 0 Å². The van der Waals surface area contributed by atoms with Gasteiger partial charge in [0.2, 0.25) is 11.8 Å². The van der Waals surface area contributed by atoms with E-state index in [1.165, 1.54) is 0 Å². The Bertz CT molecular complexity index is 690. The summed E-state index contributed by atoms with van der Waals surface area (Å²) in [5.41, 5.74) is 1.97. The summed E-state index contributed by atoms with van der Waals surface area (Å²) >= 11 is 0. The molecule has 1 aliphatic heterocycles. The Morgan fingerprint density at radius 3 is 2.90 bits per heavy atom. The second-order valence-corrected chi connectivity index (χ2v) is 5.24. The number of piperidine rings is 1. The van der Waals surface area contributed by atoms with Gasteiger partial charge in [-0.15, -0.1) is 0 Å². The molecule has 21 heavy (non-hydrogen) atoms. The number of para-hydroxylation sites is 1. The van der Waals surface area contributed by atoms with Crippen molar-refractivity contribution in [1.82, 2.24) is 10.6 Å². The average molecular weight is 286 g/mol. The zero-order valence-corrected chi connectivity index (χ0v) is 11.9. The zero-order valence-electron chi connectivity index (χ0n) is 11.9. The smallest absolute Gasteiger partial charge is 0.243 e. The standard InChI is InChI=1S/C16H18N2O3/c1-2-13-11(10-5-3-4-6-14(10)21-13)9-17-12-7-8-15(19)18-16(12)20/h3-6,12,17H,2,7-9H2,1H3,(H,18,19,20). The number of amides is 2. The second kappa shape index (κ2) is 5.69. The molecule has 5 nitrogen and oxygen atoms in total. The molecule has 1 unspecified atom stereocenters. The number of rotatable bonds is 4. The van der Waals surface area contributed by atoms with Crippen molar-refractivity contribution in [2.75, 3.05) is 0 Å². The lowest BCUT2D eigenvalue weighted by Crippen LogP contribution is -2.50. The van der Waals surface area contributed by atoms with Crippen LogP contribution < -0.4 is 10.6 Å². The maximum atomic E-state index is 11.8. The molecule has 3 rings (SSSR count). The SMILES string of the molecule is CCc1oc2ccccc2c1CNC1CCC(=O)NC1=O. The summed E-state index contributed by atoms with van der Waals surface area (Å²) in [5.74, 6) is 0.508. The number of fused-ring (bicyclic) bond motifs is 1. The number of carbonyl (C=O) groups excluding carboxylic acids is 2. The van der Waals surface area contributed by atoms with Crippen molar-refractivity contribution >= 4 is 22.8 Å². The van der Waals surface area contributed by atoms with Crippen LogP contribution in [0.15, 0.2) is 28.7 Å². The van der Waals surface area contributed by atoms with E-state index in [2.05, 4.69) is 10.6 Å². The van der Waals surface area contributed by atoms with Gasteiger partial charge in [-0.05, 0) is 12.5 Å². The van der Waals surface area contributed by atoms with Crippen LogP contribution in [0.3, 0.4) is 0 Å². The number of benzene rings is 1. The molecule has 0 spiro atoms. The van der Waals surface area contributed by atoms with Crippen LogP contribution in [0.4, 0.5) is 0 Å². The van der Waals surface area contributed by atoms with Gasteiger partial charge < -0.3 is 9.73 Å². The zero-order chi connectivity index (χ0) is 14.8. The van der Waals surface area contributed by atoms with E-state index in [1.807, 2.05) is 31.2 Å². The van der Waals surface area contributed by atoms with Gasteiger partial charge in [-0.2, -0.15) is 0 Å². The molecule has 0 radical (unpaired) electrons. The molecule has 0 aliphatic carbocycles. The van der Waals surface area contributed by atoms with E-state index in [0.717, 1.165) is 28.7 Å². The number of hydrogen-bond donors (Lipinski definition) is 2. The number of nitrogens with one attached hydrogen (secondary N) is 2. The van der Waals surface area contributed by atoms with E-state index < -0.39 is 0 Å². The van der Waals surface area contributed by atoms with Crippen molar-refractivity contribution in [1.29, 1.82) is 0 Å². The average Bonchev–Trinajstić information content (AvgIpc) is 2.84. The van der Waals surface area contributed by atoms with Gasteiger partial charge in [0, 0.05) is 30.3 Å². The number of imide groups is 1. The van der Waals surface area contributed by atoms with Crippen LogP contribution in [-0.4, -0.2) is 17.9 Å². The van der Waals surface area contributed by atoms with Crippen LogP contribution in [0.1, 0.15) is 31.1 Å². The molecule has 2 aromatic rings. The normalized spacial score (nSPS) is 19.0. The number of aryl methyl sites for hydroxylation is 1. The third-order valence-corrected chi connectivity index (χ3v) is 3.87. The molecule has 1 aromatic heterocycles. The van der Waals surface area contributed by atoms with E-state index in [1.54, 1.807) is 0 Å². The fourth-order valence-corrected chi connectivity index (χ4v) is 2.74. The molecule has 2 N–H and O–H groups in total. The summed E-state index contributed by atoms with van der Waals surface area (Å²) in [7, 11) is 0. The van der Waals surface area contributed by atoms with Crippen LogP contribution >= 0.6 is 0 Å². The van der Waals surface area contributed by atoms with E-state index in [0.29, 0.717) is 19.4 Å². The lowest BCUT2D eigenvalue weighted by Gasteiger charge is -2.21. The van der Waals surface area contributed by atoms with Crippen LogP contribution in [0, 0.1) is 0 Å². The van der Waals surface area contributed by atoms with Crippen molar-refractivity contribution in [3.8, 4) is 0 Å². The van der Waals surface area contributed by atoms with Gasteiger partial charge >= 0.3 is 0 Å². The first-order chi connectivity index (χ1) is 10.2. The van der Waals surface area contributed by atoms with Gasteiger partial charge in [-0.3, -0.25) is 14.9 Å². The molecule has 110 valence electrons. The molecule has 5 heteroatoms. The summed E-state index contributed by atoms with van der Waals surface area (Å²) in [6, 6.07) is 7.58. The molecule has 1 saturated heterocycles. The van der Waals surface area contributed by atoms with Crippen molar-refractivity contribution in [3.05, 3.63) is 35.6 Å². The minimum absolute atomic E-state index is 0.193. The largest absolute Gasteiger partial charge is 0.461 e. The lowest BCUT2D eigenvalue weighted by molar-refractivity contribution is -0.134. The Morgan fingerprint density at radius 2 is 2.14 bits per heavy atom. The monoisotopic (exact) mass is 286 g/mol. The number of carbonyl (C=O) groups is 2. The molecule has 1 aromatic carbocycles. The van der Waals surface area contributed by atoms with Crippen LogP contribution in [-0.2, 0) is 22.6 Å². The first kappa shape index (κ1) is 13.8. The van der Waals surface area contributed by atoms with Gasteiger partial charge in [-0.1, -0.05) is 25.1 Å². The third kappa shape index (κ3) is 2.69. The highest BCUT2D eigenvalue weighted by atomic mass is 16.3. The fraction of sp³-hybridized carbons (Fsp3) is 0.375. The van der Waals surface area contributed by atoms with Gasteiger partial charge in [0.25, 0.3) is 0 Å². The fourth-order valence-electron chi connectivity index (χ4n) is 2.74. The van der Waals surface area contributed by atoms with E-state index >= 15 is 0 Å². The molecule has 1 aliphatic rings. The van der Waals surface area contributed by atoms with Gasteiger partial charge in [0.1, 0.15) is 11.3 Å². The minimum atomic E-state index is -0.318. The molecular formula is C16H18N2O3. The molecule has 2 amide bonds. The Hall–Kier alpha value is -2.14. The predicted octanol–water partition coefficient (Wildman–Crippen LogP) is 1.89. The maximum Gasteiger partial charge on any atom is 0.243 e. The Morgan fingerprint density at radius 1 is 1.33 bits per heavy atom. The highest BCUT2D eigenvalue weighted by Crippen LogP contribution is 2.26. The first-order valence-corrected chi connectivity index (χ1v) is 7.25. The highest BCUT2D eigenvalue weighted by Gasteiger charge is 2.26. The number of furan rings is 1. The Kier molecular flexibility index (Phi) is 3.75. The maximum absolute atomic E-state index is 11.8. The summed E-state index contributed by atoms with van der Waals surface area (Å²) < 4.78 is 5.84. The summed E-state index contributed by atoms with van der Waals surface area (Å²) in [6.07, 6.45) is 1.74. The summed E-state index contributed by atoms with van der Waals surface area (Å²) in [4.78, 5) is 22.9. The van der Waals surface area contributed by atoms with Crippen LogP contribution in [0.5, 0.6) is 0 Å². The van der Waals surface area contributed by atoms with E-state index in [9.17, 15) is 9.59 Å². The Balaban J connectivity index is 1.78. The van der Waals surface area contributed by atoms with Crippen molar-refractivity contribution < 1.29 is 14.0 Å². The van der Waals surface area contributed by atoms with Gasteiger partial charge in [0.15, 0.2) is 0 Å². The number of hydrogen-bond acceptors (Lipinski definition) is 4. The minimum Gasteiger partial charge on any atom is -0.461 e. The molecular weight excluding hydrogens is 268 g/mol. The van der Waals surface area contributed by atoms with E-state index in [-0.39, 0.29) is 17.9 Å². The second-order valence-electron chi connectivity index (χ2n) is 5.24. The lowest BCUT2D eigenvalue weighted by atomic mass is 10.0. The van der Waals surface area contributed by atoms with Crippen molar-refractivity contribution in [3.63, 3.8) is 0 Å². The molecule has 1 atom stereocenters. The van der Waals surface area contributed by atoms with Crippen molar-refractivity contribution in [2.45, 2.75) is 38.8 Å². The summed E-state index contributed by atoms with van der Waals surface area (Å²) in [5, 5.41) is 6.68. The van der Waals surface area contributed by atoms with Gasteiger partial charge in [-0.25, -0.2) is 0 Å². The van der Waals surface area contributed by atoms with E-state index in [4.69, 9.17) is 4.42 Å². The molecule has 1 fully saturated rings. The molecule has 0 bridgehead atoms. The summed E-state index contributed by atoms with van der Waals surface area (Å²) in [6.45, 7) is 2.61. The predicted molar refractivity (Wildman–Crippen MR) is 78.6 cm³/mol. The third-order valence-electron chi connectivity index (χ3n) is 3.87. The van der Waals surface area contributed by atoms with Crippen molar-refractivity contribution in [2.24, 2.45) is 0 Å².